The number of amides is 5. The Morgan fingerprint density at radius 2 is 1.07 bits per heavy atom. The lowest BCUT2D eigenvalue weighted by atomic mass is 9.81. The number of hydrogen-bond donors (Lipinski definition) is 11. The molecule has 25 nitrogen and oxygen atoms in total. The fraction of sp³-hybridized carbons (Fsp3) is 0.564. The predicted octanol–water partition coefficient (Wildman–Crippen LogP) is 1.02. The highest BCUT2D eigenvalue weighted by Crippen LogP contribution is 2.43. The molecule has 0 spiro atoms. The van der Waals surface area contributed by atoms with Gasteiger partial charge in [-0.3, -0.25) is 53.2 Å². The smallest absolute Gasteiger partial charge is 0.326 e. The highest BCUT2D eigenvalue weighted by atomic mass is 16.4. The lowest BCUT2D eigenvalue weighted by Crippen LogP contribution is -2.52. The second kappa shape index (κ2) is 30.2. The minimum atomic E-state index is -1.43. The maximum atomic E-state index is 14.3. The van der Waals surface area contributed by atoms with Gasteiger partial charge in [0.25, 0.3) is 0 Å². The molecule has 80 heavy (non-hydrogen) atoms. The first-order valence-corrected chi connectivity index (χ1v) is 27.3. The standard InChI is InChI=1S/C55H75N9O16/c65-45(30-61-18-20-62(31-47(68)69)22-24-64(33-49(72)73)25-23-63(21-19-61)32-48(70)71)57-29-34-12-14-35(15-13-34)51(74)58-44(28-42-39-8-3-1-6-36(39)26-37-7-2-4-9-40(37)42)52(75)56-17-16-38-27-41(38)50(54(78)79)60-55(80)59-43(53(76)77)10-5-11-46(66)67/h1-4,6-9,26,34-35,38,41,43-44,50H,5,10-25,27-33H2,(H,56,75)(H,57,65)(H,58,74)(H,66,67)(H,68,69)(H,70,71)(H,72,73)(H,76,77)(H,78,79)(H2,59,60,80)/t34?,35?,38?,41?,43-,44-,50-/m0/s1. The Bertz CT molecular complexity index is 2620. The molecule has 2 saturated carbocycles. The van der Waals surface area contributed by atoms with Crippen LogP contribution in [0.4, 0.5) is 4.79 Å². The van der Waals surface area contributed by atoms with Crippen LogP contribution in [0, 0.1) is 23.7 Å². The number of carboxylic acids is 6. The average Bonchev–Trinajstić information content (AvgIpc) is 4.24. The number of carbonyl (C=O) groups excluding carboxylic acids is 4. The van der Waals surface area contributed by atoms with Crippen molar-refractivity contribution in [1.29, 1.82) is 0 Å². The number of nitrogens with one attached hydrogen (secondary N) is 5. The average molecular weight is 1120 g/mol. The number of carboxylic acid groups (broad SMARTS) is 6. The molecule has 436 valence electrons. The first-order valence-electron chi connectivity index (χ1n) is 27.3. The summed E-state index contributed by atoms with van der Waals surface area (Å²) < 4.78 is 0. The molecule has 6 rings (SSSR count). The van der Waals surface area contributed by atoms with Crippen molar-refractivity contribution < 1.29 is 78.6 Å². The van der Waals surface area contributed by atoms with Crippen LogP contribution in [0.1, 0.15) is 63.4 Å². The van der Waals surface area contributed by atoms with E-state index in [4.69, 9.17) is 5.11 Å². The van der Waals surface area contributed by atoms with E-state index in [9.17, 15) is 73.5 Å². The third-order valence-corrected chi connectivity index (χ3v) is 15.4. The van der Waals surface area contributed by atoms with Crippen LogP contribution in [0.5, 0.6) is 0 Å². The van der Waals surface area contributed by atoms with Gasteiger partial charge in [-0.15, -0.1) is 0 Å². The van der Waals surface area contributed by atoms with Gasteiger partial charge in [0.2, 0.25) is 17.7 Å². The predicted molar refractivity (Wildman–Crippen MR) is 289 cm³/mol. The molecule has 0 radical (unpaired) electrons. The molecule has 3 aromatic rings. The molecular weight excluding hydrogens is 1040 g/mol. The van der Waals surface area contributed by atoms with E-state index in [-0.39, 0.29) is 121 Å². The van der Waals surface area contributed by atoms with E-state index in [0.29, 0.717) is 58.2 Å². The molecule has 2 unspecified atom stereocenters. The Hall–Kier alpha value is -7.48. The van der Waals surface area contributed by atoms with Gasteiger partial charge in [0.05, 0.1) is 26.2 Å². The summed E-state index contributed by atoms with van der Waals surface area (Å²) in [5, 5.41) is 74.4. The van der Waals surface area contributed by atoms with Crippen molar-refractivity contribution in [3.8, 4) is 0 Å². The number of aliphatic carboxylic acids is 6. The highest BCUT2D eigenvalue weighted by Gasteiger charge is 2.47. The number of nitrogens with zero attached hydrogens (tertiary/aromatic N) is 4. The van der Waals surface area contributed by atoms with Crippen LogP contribution >= 0.6 is 0 Å². The van der Waals surface area contributed by atoms with Crippen LogP contribution in [0.3, 0.4) is 0 Å². The van der Waals surface area contributed by atoms with Gasteiger partial charge in [-0.1, -0.05) is 48.5 Å². The number of benzene rings is 3. The summed E-state index contributed by atoms with van der Waals surface area (Å²) in [6.07, 6.45) is 2.62. The Morgan fingerprint density at radius 1 is 0.562 bits per heavy atom. The van der Waals surface area contributed by atoms with Gasteiger partial charge < -0.3 is 57.2 Å². The first kappa shape index (κ1) is 61.7. The normalized spacial score (nSPS) is 20.9. The van der Waals surface area contributed by atoms with Gasteiger partial charge in [-0.05, 0) is 102 Å². The van der Waals surface area contributed by atoms with E-state index in [1.807, 2.05) is 53.4 Å². The zero-order chi connectivity index (χ0) is 57.9. The summed E-state index contributed by atoms with van der Waals surface area (Å²) in [6, 6.07) is 12.8. The molecule has 2 aliphatic carbocycles. The molecule has 1 heterocycles. The van der Waals surface area contributed by atoms with E-state index in [0.717, 1.165) is 27.1 Å². The van der Waals surface area contributed by atoms with E-state index in [2.05, 4.69) is 32.7 Å². The van der Waals surface area contributed by atoms with Gasteiger partial charge in [0.15, 0.2) is 0 Å². The Morgan fingerprint density at radius 3 is 1.56 bits per heavy atom. The number of rotatable bonds is 27. The molecule has 0 bridgehead atoms. The number of carbonyl (C=O) groups is 10. The zero-order valence-corrected chi connectivity index (χ0v) is 44.8. The highest BCUT2D eigenvalue weighted by molar-refractivity contribution is 6.03. The van der Waals surface area contributed by atoms with E-state index in [1.165, 1.54) is 0 Å². The van der Waals surface area contributed by atoms with Crippen LogP contribution in [0.25, 0.3) is 21.5 Å². The van der Waals surface area contributed by atoms with Crippen molar-refractivity contribution in [3.63, 3.8) is 0 Å². The van der Waals surface area contributed by atoms with Gasteiger partial charge in [0, 0.05) is 84.2 Å². The van der Waals surface area contributed by atoms with Crippen LogP contribution in [0.2, 0.25) is 0 Å². The Kier molecular flexibility index (Phi) is 23.3. The van der Waals surface area contributed by atoms with E-state index < -0.39 is 77.7 Å². The second-order valence-electron chi connectivity index (χ2n) is 21.2. The summed E-state index contributed by atoms with van der Waals surface area (Å²) in [7, 11) is 0. The molecule has 0 aromatic heterocycles. The van der Waals surface area contributed by atoms with Crippen molar-refractivity contribution in [1.82, 2.24) is 46.2 Å². The third kappa shape index (κ3) is 19.7. The fourth-order valence-corrected chi connectivity index (χ4v) is 10.9. The van der Waals surface area contributed by atoms with Crippen molar-refractivity contribution >= 4 is 81.1 Å². The second-order valence-corrected chi connectivity index (χ2v) is 21.2. The SMILES string of the molecule is O=C(O)CCC[C@H](NC(=O)N[C@H](C(=O)O)C1CC1CCNC(=O)[C@H](Cc1c2ccccc2cc2ccccc12)NC(=O)C1CCC(CNC(=O)CN2CCN(CC(=O)O)CCN(CC(=O)O)CCN(CC(=O)O)CC2)CC1)C(=O)O. The van der Waals surface area contributed by atoms with Crippen molar-refractivity contribution in [3.05, 3.63) is 60.2 Å². The summed E-state index contributed by atoms with van der Waals surface area (Å²) in [6.45, 7) is 1.72. The van der Waals surface area contributed by atoms with Gasteiger partial charge in [-0.25, -0.2) is 14.4 Å². The molecule has 3 aliphatic rings. The first-order chi connectivity index (χ1) is 38.2. The lowest BCUT2D eigenvalue weighted by Gasteiger charge is -2.33. The van der Waals surface area contributed by atoms with E-state index >= 15 is 0 Å². The topological polar surface area (TPSA) is 365 Å². The zero-order valence-electron chi connectivity index (χ0n) is 44.8. The summed E-state index contributed by atoms with van der Waals surface area (Å²) in [4.78, 5) is 131. The lowest BCUT2D eigenvalue weighted by molar-refractivity contribution is -0.141. The largest absolute Gasteiger partial charge is 0.481 e. The molecule has 5 atom stereocenters. The quantitative estimate of drug-likeness (QED) is 0.0475. The summed E-state index contributed by atoms with van der Waals surface area (Å²) in [5.41, 5.74) is 0.869. The molecular formula is C55H75N9O16. The van der Waals surface area contributed by atoms with Gasteiger partial charge in [0.1, 0.15) is 18.1 Å². The molecule has 5 amide bonds. The maximum Gasteiger partial charge on any atom is 0.326 e. The minimum absolute atomic E-state index is 0.0213. The Labute approximate surface area is 462 Å². The van der Waals surface area contributed by atoms with E-state index in [1.54, 1.807) is 14.7 Å². The number of fused-ring (bicyclic) bond motifs is 2. The molecule has 3 aromatic carbocycles. The third-order valence-electron chi connectivity index (χ3n) is 15.4. The van der Waals surface area contributed by atoms with Crippen molar-refractivity contribution in [2.45, 2.75) is 82.3 Å². The van der Waals surface area contributed by atoms with Crippen LogP contribution in [-0.4, -0.2) is 220 Å². The number of urea groups is 1. The van der Waals surface area contributed by atoms with Crippen LogP contribution < -0.4 is 26.6 Å². The van der Waals surface area contributed by atoms with Crippen molar-refractivity contribution in [2.24, 2.45) is 23.7 Å². The van der Waals surface area contributed by atoms with Crippen LogP contribution in [-0.2, 0) is 49.6 Å². The fourth-order valence-electron chi connectivity index (χ4n) is 10.9. The molecule has 1 saturated heterocycles. The van der Waals surface area contributed by atoms with Crippen molar-refractivity contribution in [2.75, 3.05) is 91.6 Å². The van der Waals surface area contributed by atoms with Gasteiger partial charge in [-0.2, -0.15) is 0 Å². The maximum absolute atomic E-state index is 14.3. The number of hydrogen-bond acceptors (Lipinski definition) is 14. The molecule has 25 heteroatoms. The van der Waals surface area contributed by atoms with Crippen LogP contribution in [0.15, 0.2) is 54.6 Å². The molecule has 1 aliphatic heterocycles. The summed E-state index contributed by atoms with van der Waals surface area (Å²) in [5.74, 6) is -9.12. The molecule has 3 fully saturated rings. The summed E-state index contributed by atoms with van der Waals surface area (Å²) >= 11 is 0. The monoisotopic (exact) mass is 1120 g/mol. The molecule has 11 N–H and O–H groups in total. The van der Waals surface area contributed by atoms with Gasteiger partial charge >= 0.3 is 41.8 Å². The Balaban J connectivity index is 1.05. The minimum Gasteiger partial charge on any atom is -0.481 e.